The fraction of sp³-hybridized carbons (Fsp3) is 0.440. The van der Waals surface area contributed by atoms with Crippen LogP contribution in [0.25, 0.3) is 0 Å². The first kappa shape index (κ1) is 24.7. The predicted molar refractivity (Wildman–Crippen MR) is 125 cm³/mol. The molecule has 31 heavy (non-hydrogen) atoms. The van der Waals surface area contributed by atoms with E-state index in [1.165, 1.54) is 0 Å². The molecule has 0 aliphatic rings. The maximum absolute atomic E-state index is 13.2. The second kappa shape index (κ2) is 10.7. The molecule has 1 atom stereocenters. The molecular formula is C25H33ClN2O3. The first-order valence-corrected chi connectivity index (χ1v) is 10.9. The van der Waals surface area contributed by atoms with E-state index in [0.29, 0.717) is 10.8 Å². The van der Waals surface area contributed by atoms with Crippen molar-refractivity contribution in [3.63, 3.8) is 0 Å². The highest BCUT2D eigenvalue weighted by atomic mass is 35.5. The number of amides is 2. The van der Waals surface area contributed by atoms with E-state index < -0.39 is 6.04 Å². The van der Waals surface area contributed by atoms with E-state index in [1.54, 1.807) is 24.0 Å². The summed E-state index contributed by atoms with van der Waals surface area (Å²) in [4.78, 5) is 27.4. The lowest BCUT2D eigenvalue weighted by molar-refractivity contribution is -0.142. The average molecular weight is 445 g/mol. The van der Waals surface area contributed by atoms with Gasteiger partial charge >= 0.3 is 0 Å². The third kappa shape index (κ3) is 7.28. The zero-order valence-corrected chi connectivity index (χ0v) is 20.0. The third-order valence-electron chi connectivity index (χ3n) is 4.91. The van der Waals surface area contributed by atoms with E-state index in [2.05, 4.69) is 26.1 Å². The molecule has 1 N–H and O–H groups in total. The molecule has 2 aromatic carbocycles. The molecule has 0 saturated carbocycles. The van der Waals surface area contributed by atoms with Crippen LogP contribution in [0.5, 0.6) is 5.75 Å². The van der Waals surface area contributed by atoms with Crippen molar-refractivity contribution in [2.45, 2.75) is 65.6 Å². The van der Waals surface area contributed by atoms with Gasteiger partial charge in [0.2, 0.25) is 5.91 Å². The molecule has 0 aromatic heterocycles. The molecular weight excluding hydrogens is 412 g/mol. The number of nitrogens with one attached hydrogen (secondary N) is 1. The Kier molecular flexibility index (Phi) is 8.52. The minimum absolute atomic E-state index is 0.0163. The summed E-state index contributed by atoms with van der Waals surface area (Å²) in [7, 11) is 0. The van der Waals surface area contributed by atoms with Crippen molar-refractivity contribution in [3.05, 3.63) is 64.7 Å². The van der Waals surface area contributed by atoms with Gasteiger partial charge in [-0.05, 0) is 55.5 Å². The Morgan fingerprint density at radius 1 is 1.03 bits per heavy atom. The summed E-state index contributed by atoms with van der Waals surface area (Å²) in [6.45, 7) is 11.9. The Labute approximate surface area is 190 Å². The summed E-state index contributed by atoms with van der Waals surface area (Å²) >= 11 is 5.99. The number of carbonyl (C=O) groups is 2. The molecule has 0 saturated heterocycles. The van der Waals surface area contributed by atoms with Crippen molar-refractivity contribution < 1.29 is 14.3 Å². The minimum Gasteiger partial charge on any atom is -0.483 e. The fourth-order valence-electron chi connectivity index (χ4n) is 3.21. The lowest BCUT2D eigenvalue weighted by atomic mass is 9.86. The number of hydrogen-bond donors (Lipinski definition) is 1. The summed E-state index contributed by atoms with van der Waals surface area (Å²) in [5, 5.41) is 3.50. The van der Waals surface area contributed by atoms with Gasteiger partial charge in [0, 0.05) is 17.6 Å². The monoisotopic (exact) mass is 444 g/mol. The molecule has 0 radical (unpaired) electrons. The first-order valence-electron chi connectivity index (χ1n) is 10.6. The highest BCUT2D eigenvalue weighted by molar-refractivity contribution is 6.30. The largest absolute Gasteiger partial charge is 0.483 e. The predicted octanol–water partition coefficient (Wildman–Crippen LogP) is 4.96. The highest BCUT2D eigenvalue weighted by Gasteiger charge is 2.27. The van der Waals surface area contributed by atoms with E-state index in [4.69, 9.17) is 16.3 Å². The number of ether oxygens (including phenoxy) is 1. The van der Waals surface area contributed by atoms with Gasteiger partial charge in [0.15, 0.2) is 6.61 Å². The van der Waals surface area contributed by atoms with Crippen LogP contribution in [-0.2, 0) is 21.5 Å². The summed E-state index contributed by atoms with van der Waals surface area (Å²) < 4.78 is 5.93. The van der Waals surface area contributed by atoms with Gasteiger partial charge in [0.25, 0.3) is 5.91 Å². The number of benzene rings is 2. The standard InChI is InChI=1S/C25H33ClN2O3/c1-17(2)27-24(30)18(3)28(15-19-11-13-20(26)14-12-19)23(29)16-31-22-10-8-7-9-21(22)25(4,5)6/h7-14,17-18H,15-16H2,1-6H3,(H,27,30)/t18-/m1/s1. The number of para-hydroxylation sites is 1. The Hall–Kier alpha value is -2.53. The van der Waals surface area contributed by atoms with Crippen molar-refractivity contribution >= 4 is 23.4 Å². The molecule has 0 aliphatic heterocycles. The van der Waals surface area contributed by atoms with Crippen molar-refractivity contribution in [1.82, 2.24) is 10.2 Å². The van der Waals surface area contributed by atoms with Crippen molar-refractivity contribution in [1.29, 1.82) is 0 Å². The van der Waals surface area contributed by atoms with Crippen LogP contribution in [0.2, 0.25) is 5.02 Å². The molecule has 5 nitrogen and oxygen atoms in total. The number of nitrogens with zero attached hydrogens (tertiary/aromatic N) is 1. The maximum Gasteiger partial charge on any atom is 0.261 e. The van der Waals surface area contributed by atoms with E-state index in [9.17, 15) is 9.59 Å². The quantitative estimate of drug-likeness (QED) is 0.626. The number of halogens is 1. The molecule has 0 heterocycles. The van der Waals surface area contributed by atoms with Crippen LogP contribution in [0.15, 0.2) is 48.5 Å². The van der Waals surface area contributed by atoms with Gasteiger partial charge in [-0.25, -0.2) is 0 Å². The Balaban J connectivity index is 2.21. The van der Waals surface area contributed by atoms with E-state index in [1.807, 2.05) is 50.2 Å². The fourth-order valence-corrected chi connectivity index (χ4v) is 3.33. The highest BCUT2D eigenvalue weighted by Crippen LogP contribution is 2.31. The zero-order chi connectivity index (χ0) is 23.2. The summed E-state index contributed by atoms with van der Waals surface area (Å²) in [5.74, 6) is 0.214. The number of carbonyl (C=O) groups excluding carboxylic acids is 2. The summed E-state index contributed by atoms with van der Waals surface area (Å²) in [5.41, 5.74) is 1.79. The lowest BCUT2D eigenvalue weighted by Gasteiger charge is -2.30. The van der Waals surface area contributed by atoms with E-state index >= 15 is 0 Å². The maximum atomic E-state index is 13.2. The van der Waals surface area contributed by atoms with Gasteiger partial charge in [-0.15, -0.1) is 0 Å². The summed E-state index contributed by atoms with van der Waals surface area (Å²) in [6, 6.07) is 14.3. The molecule has 0 spiro atoms. The third-order valence-corrected chi connectivity index (χ3v) is 5.16. The van der Waals surface area contributed by atoms with Gasteiger partial charge in [-0.2, -0.15) is 0 Å². The first-order chi connectivity index (χ1) is 14.5. The van der Waals surface area contributed by atoms with Crippen LogP contribution >= 0.6 is 11.6 Å². The number of rotatable bonds is 8. The normalized spacial score (nSPS) is 12.4. The van der Waals surface area contributed by atoms with Crippen LogP contribution < -0.4 is 10.1 Å². The van der Waals surface area contributed by atoms with Crippen LogP contribution in [0, 0.1) is 0 Å². The Bertz CT molecular complexity index is 888. The van der Waals surface area contributed by atoms with Gasteiger partial charge in [0.1, 0.15) is 11.8 Å². The molecule has 168 valence electrons. The molecule has 0 aliphatic carbocycles. The molecule has 0 bridgehead atoms. The lowest BCUT2D eigenvalue weighted by Crippen LogP contribution is -2.50. The summed E-state index contributed by atoms with van der Waals surface area (Å²) in [6.07, 6.45) is 0. The van der Waals surface area contributed by atoms with Crippen LogP contribution in [0.1, 0.15) is 52.7 Å². The van der Waals surface area contributed by atoms with Crippen molar-refractivity contribution in [2.24, 2.45) is 0 Å². The van der Waals surface area contributed by atoms with Crippen LogP contribution in [-0.4, -0.2) is 35.4 Å². The Morgan fingerprint density at radius 2 is 1.65 bits per heavy atom. The van der Waals surface area contributed by atoms with Gasteiger partial charge in [-0.3, -0.25) is 9.59 Å². The molecule has 6 heteroatoms. The van der Waals surface area contributed by atoms with Gasteiger partial charge in [-0.1, -0.05) is 62.7 Å². The molecule has 0 unspecified atom stereocenters. The average Bonchev–Trinajstić information content (AvgIpc) is 2.70. The second-order valence-electron chi connectivity index (χ2n) is 9.02. The molecule has 2 aromatic rings. The van der Waals surface area contributed by atoms with Crippen molar-refractivity contribution in [3.8, 4) is 5.75 Å². The molecule has 0 fully saturated rings. The van der Waals surface area contributed by atoms with Gasteiger partial charge < -0.3 is 15.0 Å². The number of hydrogen-bond acceptors (Lipinski definition) is 3. The van der Waals surface area contributed by atoms with Crippen LogP contribution in [0.3, 0.4) is 0 Å². The van der Waals surface area contributed by atoms with Crippen molar-refractivity contribution in [2.75, 3.05) is 6.61 Å². The Morgan fingerprint density at radius 3 is 2.23 bits per heavy atom. The second-order valence-corrected chi connectivity index (χ2v) is 9.46. The molecule has 2 rings (SSSR count). The van der Waals surface area contributed by atoms with E-state index in [0.717, 1.165) is 11.1 Å². The smallest absolute Gasteiger partial charge is 0.261 e. The van der Waals surface area contributed by atoms with E-state index in [-0.39, 0.29) is 36.4 Å². The zero-order valence-electron chi connectivity index (χ0n) is 19.2. The molecule has 2 amide bonds. The topological polar surface area (TPSA) is 58.6 Å². The SMILES string of the molecule is CC(C)NC(=O)[C@@H](C)N(Cc1ccc(Cl)cc1)C(=O)COc1ccccc1C(C)(C)C. The van der Waals surface area contributed by atoms with Gasteiger partial charge in [0.05, 0.1) is 0 Å². The minimum atomic E-state index is -0.646. The van der Waals surface area contributed by atoms with Crippen LogP contribution in [0.4, 0.5) is 0 Å².